The largest absolute Gasteiger partial charge is 4.00 e. The maximum absolute atomic E-state index is 6.94. The smallest absolute Gasteiger partial charge is 1.00 e. The fourth-order valence-corrected chi connectivity index (χ4v) is 1.11. The van der Waals surface area contributed by atoms with Crippen LogP contribution in [-0.2, 0) is 28.1 Å². The fraction of sp³-hybridized carbons (Fsp3) is 0.467. The molecule has 0 saturated heterocycles. The molecule has 110 valence electrons. The molecule has 0 amide bonds. The average Bonchev–Trinajstić information content (AvgIpc) is 2.63. The zero-order valence-corrected chi connectivity index (χ0v) is 16.9. The first kappa shape index (κ1) is 28.6. The van der Waals surface area contributed by atoms with E-state index in [9.17, 15) is 0 Å². The third-order valence-corrected chi connectivity index (χ3v) is 1.61. The van der Waals surface area contributed by atoms with Crippen LogP contribution in [0.5, 0.6) is 0 Å². The van der Waals surface area contributed by atoms with Crippen LogP contribution in [0.4, 0.5) is 0 Å². The molecule has 0 saturated carbocycles. The summed E-state index contributed by atoms with van der Waals surface area (Å²) in [6.07, 6.45) is 6.21. The van der Waals surface area contributed by atoms with E-state index in [1.165, 1.54) is 11.1 Å². The van der Waals surface area contributed by atoms with E-state index in [4.69, 9.17) is 5.73 Å². The minimum absolute atomic E-state index is 0. The first-order chi connectivity index (χ1) is 7.88. The van der Waals surface area contributed by atoms with E-state index in [0.29, 0.717) is 0 Å². The maximum atomic E-state index is 6.94. The molecule has 2 rings (SSSR count). The number of benzene rings is 1. The SMILES string of the molecule is CC(C)(C)[NH-].C[Si]C.[C-]1=Cc2ccccc2C1.[Cl-].[Cl-].[Ti+4]. The Morgan fingerprint density at radius 1 is 1.10 bits per heavy atom. The van der Waals surface area contributed by atoms with Crippen LogP contribution >= 0.6 is 0 Å². The Kier molecular flexibility index (Phi) is 22.6. The number of allylic oxidation sites excluding steroid dienone is 1. The van der Waals surface area contributed by atoms with Crippen molar-refractivity contribution in [1.29, 1.82) is 0 Å². The molecule has 0 aliphatic heterocycles. The first-order valence-corrected chi connectivity index (χ1v) is 7.86. The molecule has 1 aromatic rings. The second kappa shape index (κ2) is 15.8. The van der Waals surface area contributed by atoms with Crippen LogP contribution in [-0.4, -0.2) is 15.1 Å². The monoisotopic (exact) mass is 363 g/mol. The Morgan fingerprint density at radius 3 is 1.90 bits per heavy atom. The molecule has 1 N–H and O–H groups in total. The number of hydrogen-bond acceptors (Lipinski definition) is 0. The van der Waals surface area contributed by atoms with Gasteiger partial charge in [0.25, 0.3) is 0 Å². The molecule has 1 aliphatic rings. The minimum Gasteiger partial charge on any atom is -1.00 e. The van der Waals surface area contributed by atoms with Gasteiger partial charge in [-0.1, -0.05) is 52.1 Å². The molecule has 0 bridgehead atoms. The summed E-state index contributed by atoms with van der Waals surface area (Å²) in [7, 11) is 1.08. The van der Waals surface area contributed by atoms with Crippen molar-refractivity contribution in [2.75, 3.05) is 0 Å². The van der Waals surface area contributed by atoms with E-state index in [0.717, 1.165) is 15.9 Å². The van der Waals surface area contributed by atoms with Crippen LogP contribution in [0.15, 0.2) is 24.3 Å². The van der Waals surface area contributed by atoms with E-state index in [2.05, 4.69) is 49.5 Å². The van der Waals surface area contributed by atoms with Gasteiger partial charge in [-0.05, 0) is 0 Å². The Balaban J connectivity index is -0.000000103. The van der Waals surface area contributed by atoms with Crippen LogP contribution in [0.25, 0.3) is 11.8 Å². The zero-order valence-electron chi connectivity index (χ0n) is 12.8. The standard InChI is InChI=1S/C9H7.C4H10N.C2H6Si.2ClH.Ti/c1-2-5-9-7-3-6-8(9)4-1;1-4(2,3)5;1-3-2;;;/h1-2,4-6H,7H2;5H,1-3H3;1-2H3;2*1H;/q2*-1;;;;+4/p-2. The third-order valence-electron chi connectivity index (χ3n) is 1.61. The van der Waals surface area contributed by atoms with Gasteiger partial charge in [-0.15, -0.1) is 23.6 Å². The number of rotatable bonds is 0. The minimum atomic E-state index is -0.250. The van der Waals surface area contributed by atoms with Crippen LogP contribution in [0.1, 0.15) is 31.9 Å². The van der Waals surface area contributed by atoms with Crippen molar-refractivity contribution >= 4 is 15.6 Å². The van der Waals surface area contributed by atoms with E-state index in [1.807, 2.05) is 20.8 Å². The second-order valence-electron chi connectivity index (χ2n) is 4.97. The van der Waals surface area contributed by atoms with Gasteiger partial charge in [0.2, 0.25) is 0 Å². The number of nitrogens with one attached hydrogen (secondary N) is 1. The molecule has 5 heteroatoms. The Morgan fingerprint density at radius 2 is 1.50 bits per heavy atom. The molecular formula is C15H23Cl2NSiTi. The Bertz CT molecular complexity index is 346. The topological polar surface area (TPSA) is 23.8 Å². The van der Waals surface area contributed by atoms with Gasteiger partial charge in [0.1, 0.15) is 0 Å². The van der Waals surface area contributed by atoms with Gasteiger partial charge in [0.05, 0.1) is 0 Å². The summed E-state index contributed by atoms with van der Waals surface area (Å²) >= 11 is 0. The van der Waals surface area contributed by atoms with Crippen LogP contribution in [0.3, 0.4) is 0 Å². The van der Waals surface area contributed by atoms with Gasteiger partial charge in [-0.2, -0.15) is 5.56 Å². The van der Waals surface area contributed by atoms with Crippen molar-refractivity contribution < 1.29 is 46.5 Å². The third kappa shape index (κ3) is 18.4. The average molecular weight is 364 g/mol. The molecular weight excluding hydrogens is 341 g/mol. The van der Waals surface area contributed by atoms with Crippen LogP contribution < -0.4 is 24.8 Å². The summed E-state index contributed by atoms with van der Waals surface area (Å²) in [6, 6.07) is 8.39. The summed E-state index contributed by atoms with van der Waals surface area (Å²) in [4.78, 5) is 0. The van der Waals surface area contributed by atoms with Crippen molar-refractivity contribution in [1.82, 2.24) is 0 Å². The summed E-state index contributed by atoms with van der Waals surface area (Å²) in [6.45, 7) is 9.87. The molecule has 0 unspecified atom stereocenters. The molecule has 1 nitrogen and oxygen atoms in total. The number of halogens is 2. The van der Waals surface area contributed by atoms with E-state index < -0.39 is 0 Å². The van der Waals surface area contributed by atoms with Crippen molar-refractivity contribution in [3.63, 3.8) is 0 Å². The molecule has 1 aliphatic carbocycles. The van der Waals surface area contributed by atoms with E-state index >= 15 is 0 Å². The zero-order chi connectivity index (χ0) is 13.3. The molecule has 1 aromatic carbocycles. The predicted molar refractivity (Wildman–Crippen MR) is 79.4 cm³/mol. The van der Waals surface area contributed by atoms with Gasteiger partial charge in [-0.3, -0.25) is 6.08 Å². The predicted octanol–water partition coefficient (Wildman–Crippen LogP) is -1.31. The van der Waals surface area contributed by atoms with Gasteiger partial charge < -0.3 is 30.5 Å². The summed E-state index contributed by atoms with van der Waals surface area (Å²) in [5.74, 6) is 0. The number of fused-ring (bicyclic) bond motifs is 1. The quantitative estimate of drug-likeness (QED) is 0.403. The van der Waals surface area contributed by atoms with Crippen molar-refractivity contribution in [2.45, 2.75) is 45.8 Å². The van der Waals surface area contributed by atoms with E-state index in [1.54, 1.807) is 0 Å². The number of hydrogen-bond donors (Lipinski definition) is 0. The first-order valence-electron chi connectivity index (χ1n) is 5.86. The Hall–Kier alpha value is 0.431. The van der Waals surface area contributed by atoms with Gasteiger partial charge in [0.15, 0.2) is 0 Å². The summed E-state index contributed by atoms with van der Waals surface area (Å²) in [5.41, 5.74) is 9.42. The summed E-state index contributed by atoms with van der Waals surface area (Å²) in [5, 5.41) is 0. The Labute approximate surface area is 154 Å². The van der Waals surface area contributed by atoms with Crippen LogP contribution in [0, 0.1) is 6.08 Å². The van der Waals surface area contributed by atoms with Crippen molar-refractivity contribution in [2.24, 2.45) is 0 Å². The molecule has 0 fully saturated rings. The van der Waals surface area contributed by atoms with Crippen molar-refractivity contribution in [3.05, 3.63) is 47.2 Å². The molecule has 0 atom stereocenters. The van der Waals surface area contributed by atoms with Gasteiger partial charge >= 0.3 is 21.7 Å². The molecule has 20 heavy (non-hydrogen) atoms. The molecule has 0 spiro atoms. The molecule has 0 aromatic heterocycles. The van der Waals surface area contributed by atoms with Crippen LogP contribution in [0.2, 0.25) is 13.1 Å². The van der Waals surface area contributed by atoms with E-state index in [-0.39, 0.29) is 52.1 Å². The fourth-order valence-electron chi connectivity index (χ4n) is 1.11. The van der Waals surface area contributed by atoms with Gasteiger partial charge in [-0.25, -0.2) is 6.08 Å². The van der Waals surface area contributed by atoms with Crippen molar-refractivity contribution in [3.8, 4) is 0 Å². The summed E-state index contributed by atoms with van der Waals surface area (Å²) < 4.78 is 0. The van der Waals surface area contributed by atoms with Gasteiger partial charge in [0, 0.05) is 9.52 Å². The maximum Gasteiger partial charge on any atom is 4.00 e. The second-order valence-corrected chi connectivity index (χ2v) is 5.97. The molecule has 0 heterocycles. The normalized spacial score (nSPS) is 10.1. The molecule has 2 radical (unpaired) electrons.